The van der Waals surface area contributed by atoms with Crippen molar-refractivity contribution in [3.8, 4) is 5.75 Å². The fourth-order valence-corrected chi connectivity index (χ4v) is 2.75. The van der Waals surface area contributed by atoms with Gasteiger partial charge in [-0.3, -0.25) is 0 Å². The maximum Gasteiger partial charge on any atom is 0.123 e. The van der Waals surface area contributed by atoms with Gasteiger partial charge in [-0.1, -0.05) is 26.0 Å². The lowest BCUT2D eigenvalue weighted by Crippen LogP contribution is -2.60. The molecule has 0 aliphatic heterocycles. The zero-order valence-corrected chi connectivity index (χ0v) is 12.5. The SMILES string of the molecule is COc1cc(C)ccc1C(C)NC1CC(O)C1(C)C. The first kappa shape index (κ1) is 14.4. The number of aliphatic hydroxyl groups is 1. The highest BCUT2D eigenvalue weighted by molar-refractivity contribution is 5.39. The number of rotatable bonds is 4. The lowest BCUT2D eigenvalue weighted by atomic mass is 9.64. The summed E-state index contributed by atoms with van der Waals surface area (Å²) in [5.74, 6) is 0.928. The van der Waals surface area contributed by atoms with Crippen molar-refractivity contribution in [1.82, 2.24) is 5.32 Å². The summed E-state index contributed by atoms with van der Waals surface area (Å²) >= 11 is 0. The molecule has 1 aromatic carbocycles. The van der Waals surface area contributed by atoms with E-state index in [1.165, 1.54) is 11.1 Å². The summed E-state index contributed by atoms with van der Waals surface area (Å²) < 4.78 is 5.46. The second-order valence-corrected chi connectivity index (χ2v) is 6.26. The Bertz CT molecular complexity index is 456. The quantitative estimate of drug-likeness (QED) is 0.877. The Kier molecular flexibility index (Phi) is 3.88. The fraction of sp³-hybridized carbons (Fsp3) is 0.625. The predicted molar refractivity (Wildman–Crippen MR) is 77.5 cm³/mol. The van der Waals surface area contributed by atoms with Crippen LogP contribution in [0.2, 0.25) is 0 Å². The molecule has 1 saturated carbocycles. The second kappa shape index (κ2) is 5.14. The highest BCUT2D eigenvalue weighted by Gasteiger charge is 2.47. The zero-order valence-electron chi connectivity index (χ0n) is 12.5. The Morgan fingerprint density at radius 1 is 1.42 bits per heavy atom. The van der Waals surface area contributed by atoms with Crippen molar-refractivity contribution < 1.29 is 9.84 Å². The van der Waals surface area contributed by atoms with Gasteiger partial charge in [0.05, 0.1) is 13.2 Å². The normalized spacial score (nSPS) is 26.6. The molecule has 3 nitrogen and oxygen atoms in total. The van der Waals surface area contributed by atoms with Gasteiger partial charge in [0.25, 0.3) is 0 Å². The molecule has 3 unspecified atom stereocenters. The number of aryl methyl sites for hydroxylation is 1. The van der Waals surface area contributed by atoms with E-state index in [4.69, 9.17) is 4.74 Å². The van der Waals surface area contributed by atoms with Crippen LogP contribution in [0, 0.1) is 12.3 Å². The molecule has 0 aromatic heterocycles. The molecule has 3 heteroatoms. The van der Waals surface area contributed by atoms with E-state index in [0.29, 0.717) is 6.04 Å². The fourth-order valence-electron chi connectivity index (χ4n) is 2.75. The molecule has 2 N–H and O–H groups in total. The van der Waals surface area contributed by atoms with Crippen molar-refractivity contribution in [1.29, 1.82) is 0 Å². The first-order valence-corrected chi connectivity index (χ1v) is 6.95. The monoisotopic (exact) mass is 263 g/mol. The molecule has 0 spiro atoms. The van der Waals surface area contributed by atoms with E-state index in [9.17, 15) is 5.11 Å². The van der Waals surface area contributed by atoms with E-state index in [0.717, 1.165) is 12.2 Å². The molecule has 0 saturated heterocycles. The van der Waals surface area contributed by atoms with Crippen molar-refractivity contribution >= 4 is 0 Å². The van der Waals surface area contributed by atoms with E-state index in [1.807, 2.05) is 0 Å². The molecular weight excluding hydrogens is 238 g/mol. The van der Waals surface area contributed by atoms with Crippen LogP contribution in [0.15, 0.2) is 18.2 Å². The summed E-state index contributed by atoms with van der Waals surface area (Å²) in [7, 11) is 1.71. The van der Waals surface area contributed by atoms with E-state index < -0.39 is 0 Å². The van der Waals surface area contributed by atoms with Crippen molar-refractivity contribution in [2.24, 2.45) is 5.41 Å². The van der Waals surface area contributed by atoms with Crippen LogP contribution in [0.3, 0.4) is 0 Å². The standard InChI is InChI=1S/C16H25NO2/c1-10-6-7-12(13(8-10)19-5)11(2)17-14-9-15(18)16(14,3)4/h6-8,11,14-15,17-18H,9H2,1-5H3. The molecule has 0 bridgehead atoms. The maximum atomic E-state index is 9.80. The minimum Gasteiger partial charge on any atom is -0.496 e. The van der Waals surface area contributed by atoms with Crippen LogP contribution >= 0.6 is 0 Å². The Balaban J connectivity index is 2.11. The summed E-state index contributed by atoms with van der Waals surface area (Å²) in [5, 5.41) is 13.4. The first-order chi connectivity index (χ1) is 8.86. The molecule has 0 amide bonds. The Morgan fingerprint density at radius 2 is 2.11 bits per heavy atom. The number of aliphatic hydroxyl groups excluding tert-OH is 1. The third kappa shape index (κ3) is 2.63. The first-order valence-electron chi connectivity index (χ1n) is 6.95. The predicted octanol–water partition coefficient (Wildman–Crippen LogP) is 2.81. The molecule has 1 aliphatic carbocycles. The lowest BCUT2D eigenvalue weighted by molar-refractivity contribution is -0.0755. The number of benzene rings is 1. The third-order valence-corrected chi connectivity index (χ3v) is 4.52. The van der Waals surface area contributed by atoms with Gasteiger partial charge in [-0.15, -0.1) is 0 Å². The Labute approximate surface area is 116 Å². The molecular formula is C16H25NO2. The smallest absolute Gasteiger partial charge is 0.123 e. The van der Waals surface area contributed by atoms with E-state index >= 15 is 0 Å². The van der Waals surface area contributed by atoms with Crippen LogP contribution in [0.4, 0.5) is 0 Å². The summed E-state index contributed by atoms with van der Waals surface area (Å²) in [5.41, 5.74) is 2.32. The molecule has 106 valence electrons. The van der Waals surface area contributed by atoms with Gasteiger partial charge < -0.3 is 15.2 Å². The van der Waals surface area contributed by atoms with Crippen molar-refractivity contribution in [3.05, 3.63) is 29.3 Å². The van der Waals surface area contributed by atoms with Crippen molar-refractivity contribution in [2.75, 3.05) is 7.11 Å². The Morgan fingerprint density at radius 3 is 2.63 bits per heavy atom. The van der Waals surface area contributed by atoms with Gasteiger partial charge in [-0.25, -0.2) is 0 Å². The summed E-state index contributed by atoms with van der Waals surface area (Å²) in [6.45, 7) is 8.43. The minimum absolute atomic E-state index is 0.0494. The molecule has 3 atom stereocenters. The summed E-state index contributed by atoms with van der Waals surface area (Å²) in [6.07, 6.45) is 0.628. The Hall–Kier alpha value is -1.06. The van der Waals surface area contributed by atoms with Crippen molar-refractivity contribution in [2.45, 2.75) is 52.3 Å². The van der Waals surface area contributed by atoms with Crippen LogP contribution in [-0.2, 0) is 0 Å². The lowest BCUT2D eigenvalue weighted by Gasteiger charge is -2.50. The third-order valence-electron chi connectivity index (χ3n) is 4.52. The molecule has 1 fully saturated rings. The van der Waals surface area contributed by atoms with E-state index in [1.54, 1.807) is 7.11 Å². The largest absolute Gasteiger partial charge is 0.496 e. The maximum absolute atomic E-state index is 9.80. The van der Waals surface area contributed by atoms with Gasteiger partial charge in [0.15, 0.2) is 0 Å². The van der Waals surface area contributed by atoms with Gasteiger partial charge >= 0.3 is 0 Å². The van der Waals surface area contributed by atoms with Crippen molar-refractivity contribution in [3.63, 3.8) is 0 Å². The molecule has 1 aromatic rings. The average molecular weight is 263 g/mol. The van der Waals surface area contributed by atoms with Gasteiger partial charge in [0.1, 0.15) is 5.75 Å². The van der Waals surface area contributed by atoms with Gasteiger partial charge in [0, 0.05) is 23.1 Å². The molecule has 19 heavy (non-hydrogen) atoms. The van der Waals surface area contributed by atoms with Crippen LogP contribution in [-0.4, -0.2) is 24.4 Å². The zero-order chi connectivity index (χ0) is 14.2. The minimum atomic E-state index is -0.197. The molecule has 1 aliphatic rings. The second-order valence-electron chi connectivity index (χ2n) is 6.26. The van der Waals surface area contributed by atoms with Crippen LogP contribution < -0.4 is 10.1 Å². The topological polar surface area (TPSA) is 41.5 Å². The highest BCUT2D eigenvalue weighted by Crippen LogP contribution is 2.42. The number of methoxy groups -OCH3 is 1. The van der Waals surface area contributed by atoms with Crippen LogP contribution in [0.5, 0.6) is 5.75 Å². The van der Waals surface area contributed by atoms with Crippen LogP contribution in [0.25, 0.3) is 0 Å². The highest BCUT2D eigenvalue weighted by atomic mass is 16.5. The molecule has 2 rings (SSSR count). The number of ether oxygens (including phenoxy) is 1. The summed E-state index contributed by atoms with van der Waals surface area (Å²) in [6, 6.07) is 6.86. The van der Waals surface area contributed by atoms with Crippen LogP contribution in [0.1, 0.15) is 44.4 Å². The number of nitrogens with one attached hydrogen (secondary N) is 1. The van der Waals surface area contributed by atoms with E-state index in [-0.39, 0.29) is 17.6 Å². The summed E-state index contributed by atoms with van der Waals surface area (Å²) in [4.78, 5) is 0. The van der Waals surface area contributed by atoms with Gasteiger partial charge in [0.2, 0.25) is 0 Å². The molecule has 0 radical (unpaired) electrons. The average Bonchev–Trinajstić information content (AvgIpc) is 2.38. The van der Waals surface area contributed by atoms with Gasteiger partial charge in [-0.2, -0.15) is 0 Å². The van der Waals surface area contributed by atoms with E-state index in [2.05, 4.69) is 51.2 Å². The number of hydrogen-bond donors (Lipinski definition) is 2. The molecule has 0 heterocycles. The number of hydrogen-bond acceptors (Lipinski definition) is 3. The van der Waals surface area contributed by atoms with Gasteiger partial charge in [-0.05, 0) is 31.9 Å².